The Hall–Kier alpha value is -1.95. The minimum Gasteiger partial charge on any atom is -0.465 e. The van der Waals surface area contributed by atoms with Gasteiger partial charge in [-0.2, -0.15) is 0 Å². The molecule has 0 fully saturated rings. The maximum atomic E-state index is 11.5. The average Bonchev–Trinajstić information content (AvgIpc) is 2.43. The van der Waals surface area contributed by atoms with Crippen molar-refractivity contribution in [3.8, 4) is 0 Å². The summed E-state index contributed by atoms with van der Waals surface area (Å²) in [6, 6.07) is 2.95. The molecule has 1 heterocycles. The van der Waals surface area contributed by atoms with Gasteiger partial charge in [-0.1, -0.05) is 0 Å². The number of methoxy groups -OCH3 is 1. The van der Waals surface area contributed by atoms with Gasteiger partial charge in [0.15, 0.2) is 0 Å². The van der Waals surface area contributed by atoms with Crippen LogP contribution in [0, 0.1) is 0 Å². The van der Waals surface area contributed by atoms with E-state index >= 15 is 0 Å². The summed E-state index contributed by atoms with van der Waals surface area (Å²) in [5.74, 6) is -0.557. The van der Waals surface area contributed by atoms with Crippen molar-refractivity contribution in [2.45, 2.75) is 19.5 Å². The molecule has 1 rings (SSSR count). The summed E-state index contributed by atoms with van der Waals surface area (Å²) < 4.78 is 4.67. The fourth-order valence-electron chi connectivity index (χ4n) is 1.43. The van der Waals surface area contributed by atoms with Crippen LogP contribution < -0.4 is 10.6 Å². The minimum atomic E-state index is -0.438. The molecular formula is C12H17N3O3. The first-order valence-corrected chi connectivity index (χ1v) is 5.57. The van der Waals surface area contributed by atoms with E-state index in [0.717, 1.165) is 0 Å². The Morgan fingerprint density at radius 1 is 1.50 bits per heavy atom. The fourth-order valence-corrected chi connectivity index (χ4v) is 1.43. The lowest BCUT2D eigenvalue weighted by Crippen LogP contribution is -2.40. The number of hydrogen-bond donors (Lipinski definition) is 2. The molecular weight excluding hydrogens is 234 g/mol. The Morgan fingerprint density at radius 2 is 2.22 bits per heavy atom. The second-order valence-corrected chi connectivity index (χ2v) is 3.71. The van der Waals surface area contributed by atoms with Crippen molar-refractivity contribution in [3.63, 3.8) is 0 Å². The van der Waals surface area contributed by atoms with Crippen molar-refractivity contribution in [2.24, 2.45) is 0 Å². The van der Waals surface area contributed by atoms with Crippen LogP contribution in [0.3, 0.4) is 0 Å². The van der Waals surface area contributed by atoms with E-state index in [0.29, 0.717) is 17.8 Å². The highest BCUT2D eigenvalue weighted by Crippen LogP contribution is 2.07. The fraction of sp³-hybridized carbons (Fsp3) is 0.417. The second-order valence-electron chi connectivity index (χ2n) is 3.71. The van der Waals surface area contributed by atoms with Crippen molar-refractivity contribution >= 4 is 11.9 Å². The van der Waals surface area contributed by atoms with Crippen LogP contribution in [0.2, 0.25) is 0 Å². The molecule has 6 nitrogen and oxygen atoms in total. The summed E-state index contributed by atoms with van der Waals surface area (Å²) in [5.41, 5.74) is 0.955. The molecule has 1 aromatic rings. The molecule has 1 unspecified atom stereocenters. The number of rotatable bonds is 5. The highest BCUT2D eigenvalue weighted by atomic mass is 16.5. The molecule has 0 aliphatic rings. The lowest BCUT2D eigenvalue weighted by atomic mass is 10.2. The number of ether oxygens (including phenoxy) is 1. The number of hydrogen-bond acceptors (Lipinski definition) is 5. The van der Waals surface area contributed by atoms with Crippen LogP contribution in [0.4, 0.5) is 0 Å². The van der Waals surface area contributed by atoms with Crippen LogP contribution >= 0.6 is 0 Å². The molecule has 6 heteroatoms. The van der Waals surface area contributed by atoms with Crippen LogP contribution in [0.5, 0.6) is 0 Å². The van der Waals surface area contributed by atoms with Crippen molar-refractivity contribution in [3.05, 3.63) is 29.6 Å². The number of aromatic nitrogens is 1. The SMILES string of the molecule is CNC(=O)C(C)NCc1ncccc1C(=O)OC. The Labute approximate surface area is 106 Å². The van der Waals surface area contributed by atoms with Gasteiger partial charge in [-0.25, -0.2) is 4.79 Å². The normalized spacial score (nSPS) is 11.7. The molecule has 0 saturated carbocycles. The third-order valence-electron chi connectivity index (χ3n) is 2.51. The van der Waals surface area contributed by atoms with Crippen molar-refractivity contribution < 1.29 is 14.3 Å². The number of nitrogens with one attached hydrogen (secondary N) is 2. The smallest absolute Gasteiger partial charge is 0.339 e. The number of likely N-dealkylation sites (N-methyl/N-ethyl adjacent to an activating group) is 1. The van der Waals surface area contributed by atoms with E-state index in [2.05, 4.69) is 20.4 Å². The highest BCUT2D eigenvalue weighted by Gasteiger charge is 2.15. The highest BCUT2D eigenvalue weighted by molar-refractivity contribution is 5.90. The van der Waals surface area contributed by atoms with Crippen molar-refractivity contribution in [1.82, 2.24) is 15.6 Å². The first-order valence-electron chi connectivity index (χ1n) is 5.57. The summed E-state index contributed by atoms with van der Waals surface area (Å²) in [6.07, 6.45) is 1.59. The monoisotopic (exact) mass is 251 g/mol. The second kappa shape index (κ2) is 6.70. The predicted octanol–water partition coefficient (Wildman–Crippen LogP) is 0.0923. The summed E-state index contributed by atoms with van der Waals surface area (Å²) in [7, 11) is 2.89. The molecule has 0 spiro atoms. The Bertz CT molecular complexity index is 434. The molecule has 0 aliphatic heterocycles. The topological polar surface area (TPSA) is 80.3 Å². The average molecular weight is 251 g/mol. The minimum absolute atomic E-state index is 0.120. The summed E-state index contributed by atoms with van der Waals surface area (Å²) >= 11 is 0. The lowest BCUT2D eigenvalue weighted by molar-refractivity contribution is -0.122. The zero-order valence-electron chi connectivity index (χ0n) is 10.7. The van der Waals surface area contributed by atoms with Gasteiger partial charge in [0, 0.05) is 19.8 Å². The van der Waals surface area contributed by atoms with Gasteiger partial charge in [0.25, 0.3) is 0 Å². The van der Waals surface area contributed by atoms with Crippen LogP contribution in [0.1, 0.15) is 23.0 Å². The summed E-state index contributed by atoms with van der Waals surface area (Å²) in [6.45, 7) is 2.06. The third-order valence-corrected chi connectivity index (χ3v) is 2.51. The van der Waals surface area contributed by atoms with Gasteiger partial charge < -0.3 is 15.4 Å². The summed E-state index contributed by atoms with van der Waals surface area (Å²) in [4.78, 5) is 26.9. The van der Waals surface area contributed by atoms with Crippen LogP contribution in [-0.4, -0.2) is 37.1 Å². The van der Waals surface area contributed by atoms with Gasteiger partial charge in [0.2, 0.25) is 5.91 Å². The number of amides is 1. The Balaban J connectivity index is 2.73. The molecule has 0 aromatic carbocycles. The van der Waals surface area contributed by atoms with Gasteiger partial charge in [-0.15, -0.1) is 0 Å². The molecule has 98 valence electrons. The predicted molar refractivity (Wildman–Crippen MR) is 65.9 cm³/mol. The van der Waals surface area contributed by atoms with E-state index < -0.39 is 5.97 Å². The molecule has 0 radical (unpaired) electrons. The van der Waals surface area contributed by atoms with Gasteiger partial charge in [-0.3, -0.25) is 9.78 Å². The first-order chi connectivity index (χ1) is 8.60. The molecule has 18 heavy (non-hydrogen) atoms. The summed E-state index contributed by atoms with van der Waals surface area (Å²) in [5, 5.41) is 5.52. The molecule has 1 amide bonds. The standard InChI is InChI=1S/C12H17N3O3/c1-8(11(16)13-2)15-7-10-9(12(17)18-3)5-4-6-14-10/h4-6,8,15H,7H2,1-3H3,(H,13,16). The van der Waals surface area contributed by atoms with E-state index in [1.165, 1.54) is 7.11 Å². The molecule has 1 atom stereocenters. The molecule has 0 aliphatic carbocycles. The van der Waals surface area contributed by atoms with Gasteiger partial charge in [0.1, 0.15) is 0 Å². The zero-order valence-corrected chi connectivity index (χ0v) is 10.7. The van der Waals surface area contributed by atoms with Crippen LogP contribution in [-0.2, 0) is 16.1 Å². The first kappa shape index (κ1) is 14.1. The van der Waals surface area contributed by atoms with Gasteiger partial charge in [0.05, 0.1) is 24.4 Å². The maximum Gasteiger partial charge on any atom is 0.339 e. The number of esters is 1. The van der Waals surface area contributed by atoms with Crippen molar-refractivity contribution in [2.75, 3.05) is 14.2 Å². The number of nitrogens with zero attached hydrogens (tertiary/aromatic N) is 1. The van der Waals surface area contributed by atoms with Gasteiger partial charge in [-0.05, 0) is 19.1 Å². The third kappa shape index (κ3) is 3.53. The van der Waals surface area contributed by atoms with E-state index in [9.17, 15) is 9.59 Å². The molecule has 0 bridgehead atoms. The van der Waals surface area contributed by atoms with Crippen LogP contribution in [0.15, 0.2) is 18.3 Å². The Kier molecular flexibility index (Phi) is 5.26. The van der Waals surface area contributed by atoms with Crippen molar-refractivity contribution in [1.29, 1.82) is 0 Å². The molecule has 0 saturated heterocycles. The van der Waals surface area contributed by atoms with E-state index in [1.807, 2.05) is 0 Å². The molecule has 1 aromatic heterocycles. The van der Waals surface area contributed by atoms with Crippen LogP contribution in [0.25, 0.3) is 0 Å². The largest absolute Gasteiger partial charge is 0.465 e. The van der Waals surface area contributed by atoms with Gasteiger partial charge >= 0.3 is 5.97 Å². The maximum absolute atomic E-state index is 11.5. The van der Waals surface area contributed by atoms with E-state index in [4.69, 9.17) is 0 Å². The molecule has 2 N–H and O–H groups in total. The number of carbonyl (C=O) groups excluding carboxylic acids is 2. The van der Waals surface area contributed by atoms with E-state index in [-0.39, 0.29) is 11.9 Å². The zero-order chi connectivity index (χ0) is 13.5. The number of carbonyl (C=O) groups is 2. The Morgan fingerprint density at radius 3 is 2.83 bits per heavy atom. The number of pyridine rings is 1. The quantitative estimate of drug-likeness (QED) is 0.725. The van der Waals surface area contributed by atoms with E-state index in [1.54, 1.807) is 32.3 Å². The lowest BCUT2D eigenvalue weighted by Gasteiger charge is -2.13.